The van der Waals surface area contributed by atoms with Crippen LogP contribution < -0.4 is 10.1 Å². The normalized spacial score (nSPS) is 23.4. The molecule has 27 heavy (non-hydrogen) atoms. The van der Waals surface area contributed by atoms with E-state index in [0.29, 0.717) is 17.3 Å². The standard InChI is InChI=1S/C19H26N4O4/c1-4-27-18(25)15-16(13-7-5-6-8-14(13)26-3)20-19(21-17(15)24)23-11-9-22(2)10-12-23/h5-8,15-16H,4,9-12H2,1-3H3,(H,20,21,24). The Morgan fingerprint density at radius 2 is 1.96 bits per heavy atom. The molecule has 0 aromatic heterocycles. The highest BCUT2D eigenvalue weighted by atomic mass is 16.5. The van der Waals surface area contributed by atoms with Gasteiger partial charge in [-0.05, 0) is 20.0 Å². The Morgan fingerprint density at radius 1 is 1.26 bits per heavy atom. The number of guanidine groups is 1. The number of para-hydroxylation sites is 1. The third-order valence-corrected chi connectivity index (χ3v) is 4.90. The topological polar surface area (TPSA) is 83.5 Å². The van der Waals surface area contributed by atoms with E-state index in [9.17, 15) is 9.59 Å². The number of carbonyl (C=O) groups excluding carboxylic acids is 2. The third-order valence-electron chi connectivity index (χ3n) is 4.90. The van der Waals surface area contributed by atoms with Crippen LogP contribution in [0.25, 0.3) is 0 Å². The number of methoxy groups -OCH3 is 1. The molecule has 2 heterocycles. The molecule has 1 N–H and O–H groups in total. The lowest BCUT2D eigenvalue weighted by molar-refractivity contribution is -0.153. The Balaban J connectivity index is 1.99. The van der Waals surface area contributed by atoms with Crippen LogP contribution in [0.15, 0.2) is 29.3 Å². The molecule has 1 aromatic rings. The summed E-state index contributed by atoms with van der Waals surface area (Å²) in [6.07, 6.45) is 0. The van der Waals surface area contributed by atoms with Crippen LogP contribution in [0, 0.1) is 5.92 Å². The largest absolute Gasteiger partial charge is 0.496 e. The van der Waals surface area contributed by atoms with Crippen molar-refractivity contribution in [3.63, 3.8) is 0 Å². The second-order valence-electron chi connectivity index (χ2n) is 6.65. The molecule has 8 nitrogen and oxygen atoms in total. The van der Waals surface area contributed by atoms with E-state index in [4.69, 9.17) is 14.5 Å². The van der Waals surface area contributed by atoms with Gasteiger partial charge in [-0.15, -0.1) is 0 Å². The fraction of sp³-hybridized carbons (Fsp3) is 0.526. The van der Waals surface area contributed by atoms with Crippen molar-refractivity contribution in [1.29, 1.82) is 0 Å². The van der Waals surface area contributed by atoms with Crippen molar-refractivity contribution in [3.05, 3.63) is 29.8 Å². The molecule has 2 aliphatic heterocycles. The van der Waals surface area contributed by atoms with Gasteiger partial charge in [-0.3, -0.25) is 14.9 Å². The van der Waals surface area contributed by atoms with Gasteiger partial charge in [0.05, 0.1) is 13.7 Å². The fourth-order valence-corrected chi connectivity index (χ4v) is 3.38. The average molecular weight is 374 g/mol. The number of rotatable bonds is 4. The van der Waals surface area contributed by atoms with Crippen LogP contribution in [0.5, 0.6) is 5.75 Å². The van der Waals surface area contributed by atoms with E-state index >= 15 is 0 Å². The monoisotopic (exact) mass is 374 g/mol. The number of benzene rings is 1. The van der Waals surface area contributed by atoms with E-state index < -0.39 is 23.8 Å². The Hall–Kier alpha value is -2.61. The predicted molar refractivity (Wildman–Crippen MR) is 101 cm³/mol. The minimum Gasteiger partial charge on any atom is -0.496 e. The van der Waals surface area contributed by atoms with Crippen LogP contribution in [-0.4, -0.2) is 74.6 Å². The first-order valence-electron chi connectivity index (χ1n) is 9.16. The molecule has 1 saturated heterocycles. The quantitative estimate of drug-likeness (QED) is 0.615. The van der Waals surface area contributed by atoms with Crippen LogP contribution >= 0.6 is 0 Å². The number of ether oxygens (including phenoxy) is 2. The number of likely N-dealkylation sites (N-methyl/N-ethyl adjacent to an activating group) is 1. The number of hydrogen-bond acceptors (Lipinski definition) is 7. The van der Waals surface area contributed by atoms with Crippen LogP contribution in [0.4, 0.5) is 0 Å². The maximum atomic E-state index is 12.8. The minimum absolute atomic E-state index is 0.205. The molecule has 0 bridgehead atoms. The van der Waals surface area contributed by atoms with Gasteiger partial charge in [-0.1, -0.05) is 18.2 Å². The molecule has 146 valence electrons. The second-order valence-corrected chi connectivity index (χ2v) is 6.65. The Labute approximate surface area is 159 Å². The van der Waals surface area contributed by atoms with Crippen LogP contribution in [0.2, 0.25) is 0 Å². The lowest BCUT2D eigenvalue weighted by Gasteiger charge is -2.37. The van der Waals surface area contributed by atoms with Gasteiger partial charge in [0.15, 0.2) is 5.92 Å². The second kappa shape index (κ2) is 8.39. The van der Waals surface area contributed by atoms with Crippen molar-refractivity contribution in [2.75, 3.05) is 46.9 Å². The first-order valence-corrected chi connectivity index (χ1v) is 9.16. The summed E-state index contributed by atoms with van der Waals surface area (Å²) in [5, 5.41) is 2.80. The highest BCUT2D eigenvalue weighted by Gasteiger charge is 2.43. The molecule has 2 unspecified atom stereocenters. The highest BCUT2D eigenvalue weighted by molar-refractivity contribution is 6.08. The Kier molecular flexibility index (Phi) is 5.95. The first-order chi connectivity index (χ1) is 13.0. The summed E-state index contributed by atoms with van der Waals surface area (Å²) in [6, 6.07) is 6.63. The number of piperazine rings is 1. The highest BCUT2D eigenvalue weighted by Crippen LogP contribution is 2.36. The van der Waals surface area contributed by atoms with Crippen LogP contribution in [0.1, 0.15) is 18.5 Å². The molecule has 0 saturated carbocycles. The van der Waals surface area contributed by atoms with Gasteiger partial charge in [-0.2, -0.15) is 0 Å². The summed E-state index contributed by atoms with van der Waals surface area (Å²) in [7, 11) is 3.62. The third kappa shape index (κ3) is 4.05. The van der Waals surface area contributed by atoms with Crippen molar-refractivity contribution >= 4 is 17.8 Å². The Morgan fingerprint density at radius 3 is 2.63 bits per heavy atom. The molecule has 1 aromatic carbocycles. The number of esters is 1. The SMILES string of the molecule is CCOC(=O)C1C(=O)NC(N2CCN(C)CC2)=NC1c1ccccc1OC. The number of aliphatic imine (C=N–C) groups is 1. The van der Waals surface area contributed by atoms with E-state index in [2.05, 4.69) is 17.3 Å². The summed E-state index contributed by atoms with van der Waals surface area (Å²) < 4.78 is 10.6. The molecule has 2 atom stereocenters. The van der Waals surface area contributed by atoms with Gasteiger partial charge >= 0.3 is 5.97 Å². The van der Waals surface area contributed by atoms with E-state index in [0.717, 1.165) is 26.2 Å². The first kappa shape index (κ1) is 19.2. The molecule has 1 amide bonds. The maximum absolute atomic E-state index is 12.8. The number of nitrogens with zero attached hydrogens (tertiary/aromatic N) is 3. The van der Waals surface area contributed by atoms with Gasteiger partial charge in [-0.25, -0.2) is 4.99 Å². The van der Waals surface area contributed by atoms with Gasteiger partial charge in [0.2, 0.25) is 11.9 Å². The number of carbonyl (C=O) groups is 2. The van der Waals surface area contributed by atoms with Gasteiger partial charge in [0.25, 0.3) is 0 Å². The molecule has 8 heteroatoms. The van der Waals surface area contributed by atoms with Gasteiger partial charge in [0, 0.05) is 31.7 Å². The molecule has 0 spiro atoms. The van der Waals surface area contributed by atoms with Crippen LogP contribution in [0.3, 0.4) is 0 Å². The molecular weight excluding hydrogens is 348 g/mol. The zero-order chi connectivity index (χ0) is 19.4. The number of amides is 1. The molecule has 0 aliphatic carbocycles. The summed E-state index contributed by atoms with van der Waals surface area (Å²) in [5.74, 6) is -0.921. The maximum Gasteiger partial charge on any atom is 0.321 e. The fourth-order valence-electron chi connectivity index (χ4n) is 3.38. The zero-order valence-electron chi connectivity index (χ0n) is 16.0. The van der Waals surface area contributed by atoms with Crippen molar-refractivity contribution in [2.45, 2.75) is 13.0 Å². The van der Waals surface area contributed by atoms with E-state index in [1.807, 2.05) is 23.1 Å². The number of hydrogen-bond donors (Lipinski definition) is 1. The van der Waals surface area contributed by atoms with Crippen molar-refractivity contribution in [2.24, 2.45) is 10.9 Å². The van der Waals surface area contributed by atoms with Crippen molar-refractivity contribution in [1.82, 2.24) is 15.1 Å². The lowest BCUT2D eigenvalue weighted by atomic mass is 9.90. The summed E-state index contributed by atoms with van der Waals surface area (Å²) in [4.78, 5) is 34.4. The van der Waals surface area contributed by atoms with Gasteiger partial charge < -0.3 is 19.3 Å². The Bertz CT molecular complexity index is 728. The lowest BCUT2D eigenvalue weighted by Crippen LogP contribution is -2.56. The van der Waals surface area contributed by atoms with Gasteiger partial charge in [0.1, 0.15) is 11.8 Å². The predicted octanol–water partition coefficient (Wildman–Crippen LogP) is 0.649. The zero-order valence-corrected chi connectivity index (χ0v) is 16.0. The van der Waals surface area contributed by atoms with Crippen molar-refractivity contribution < 1.29 is 19.1 Å². The van der Waals surface area contributed by atoms with E-state index in [-0.39, 0.29) is 6.61 Å². The smallest absolute Gasteiger partial charge is 0.321 e. The molecular formula is C19H26N4O4. The number of nitrogens with one attached hydrogen (secondary N) is 1. The van der Waals surface area contributed by atoms with E-state index in [1.165, 1.54) is 0 Å². The molecule has 3 rings (SSSR count). The summed E-state index contributed by atoms with van der Waals surface area (Å²) in [5.41, 5.74) is 0.694. The summed E-state index contributed by atoms with van der Waals surface area (Å²) in [6.45, 7) is 5.22. The van der Waals surface area contributed by atoms with E-state index in [1.54, 1.807) is 20.1 Å². The molecule has 0 radical (unpaired) electrons. The average Bonchev–Trinajstić information content (AvgIpc) is 2.68. The molecule has 2 aliphatic rings. The van der Waals surface area contributed by atoms with Crippen LogP contribution in [-0.2, 0) is 14.3 Å². The summed E-state index contributed by atoms with van der Waals surface area (Å²) >= 11 is 0. The van der Waals surface area contributed by atoms with Crippen molar-refractivity contribution in [3.8, 4) is 5.75 Å². The molecule has 1 fully saturated rings. The minimum atomic E-state index is -1.04.